The normalized spacial score (nSPS) is 21.6. The van der Waals surface area contributed by atoms with E-state index in [9.17, 15) is 13.2 Å². The summed E-state index contributed by atoms with van der Waals surface area (Å²) >= 11 is 0. The van der Waals surface area contributed by atoms with Gasteiger partial charge in [0.2, 0.25) is 0 Å². The van der Waals surface area contributed by atoms with Gasteiger partial charge < -0.3 is 9.32 Å². The molecule has 24 heavy (non-hydrogen) atoms. The van der Waals surface area contributed by atoms with Crippen molar-refractivity contribution in [3.63, 3.8) is 0 Å². The summed E-state index contributed by atoms with van der Waals surface area (Å²) in [6.45, 7) is 4.47. The number of hydrogen-bond acceptors (Lipinski definition) is 4. The number of furan rings is 1. The van der Waals surface area contributed by atoms with Gasteiger partial charge in [-0.15, -0.1) is 0 Å². The number of rotatable bonds is 3. The van der Waals surface area contributed by atoms with Crippen LogP contribution in [0.3, 0.4) is 0 Å². The quantitative estimate of drug-likeness (QED) is 0.823. The van der Waals surface area contributed by atoms with Gasteiger partial charge in [-0.2, -0.15) is 17.0 Å². The number of carbonyl (C=O) groups is 1. The third kappa shape index (κ3) is 3.65. The van der Waals surface area contributed by atoms with E-state index in [0.29, 0.717) is 50.8 Å². The molecule has 2 saturated heterocycles. The summed E-state index contributed by atoms with van der Waals surface area (Å²) < 4.78 is 34.0. The van der Waals surface area contributed by atoms with Crippen LogP contribution in [0.1, 0.15) is 42.0 Å². The van der Waals surface area contributed by atoms with Crippen LogP contribution in [0.15, 0.2) is 16.5 Å². The molecule has 0 N–H and O–H groups in total. The highest BCUT2D eigenvalue weighted by atomic mass is 32.2. The fourth-order valence-electron chi connectivity index (χ4n) is 3.26. The predicted molar refractivity (Wildman–Crippen MR) is 89.9 cm³/mol. The van der Waals surface area contributed by atoms with Crippen LogP contribution in [0, 0.1) is 6.92 Å². The first kappa shape index (κ1) is 17.4. The largest absolute Gasteiger partial charge is 0.456 e. The molecule has 1 aromatic rings. The smallest absolute Gasteiger partial charge is 0.289 e. The van der Waals surface area contributed by atoms with Gasteiger partial charge in [0.25, 0.3) is 16.1 Å². The molecule has 0 saturated carbocycles. The second-order valence-electron chi connectivity index (χ2n) is 6.42. The van der Waals surface area contributed by atoms with Crippen LogP contribution in [0.2, 0.25) is 0 Å². The molecule has 2 fully saturated rings. The van der Waals surface area contributed by atoms with E-state index in [1.165, 1.54) is 4.31 Å². The molecule has 8 heteroatoms. The summed E-state index contributed by atoms with van der Waals surface area (Å²) in [4.78, 5) is 14.0. The first-order chi connectivity index (χ1) is 11.5. The van der Waals surface area contributed by atoms with E-state index in [2.05, 4.69) is 0 Å². The number of nitrogens with zero attached hydrogens (tertiary/aromatic N) is 3. The van der Waals surface area contributed by atoms with Gasteiger partial charge in [0.05, 0.1) is 0 Å². The molecule has 0 aromatic carbocycles. The molecule has 3 heterocycles. The summed E-state index contributed by atoms with van der Waals surface area (Å²) in [5, 5.41) is 0. The van der Waals surface area contributed by atoms with E-state index in [-0.39, 0.29) is 5.91 Å². The predicted octanol–water partition coefficient (Wildman–Crippen LogP) is 1.47. The van der Waals surface area contributed by atoms with Crippen LogP contribution in [0.25, 0.3) is 0 Å². The highest BCUT2D eigenvalue weighted by molar-refractivity contribution is 7.86. The SMILES string of the molecule is Cc1ccc(C(=O)N2CCN(S(=O)(=O)N3CCCCCC3)CC2)o1. The minimum atomic E-state index is -3.41. The lowest BCUT2D eigenvalue weighted by Gasteiger charge is -2.36. The van der Waals surface area contributed by atoms with Crippen molar-refractivity contribution in [2.75, 3.05) is 39.3 Å². The van der Waals surface area contributed by atoms with Crippen LogP contribution >= 0.6 is 0 Å². The van der Waals surface area contributed by atoms with Crippen LogP contribution in [0.4, 0.5) is 0 Å². The zero-order valence-electron chi connectivity index (χ0n) is 14.1. The second-order valence-corrected chi connectivity index (χ2v) is 8.35. The van der Waals surface area contributed by atoms with Crippen molar-refractivity contribution in [1.29, 1.82) is 0 Å². The van der Waals surface area contributed by atoms with Crippen molar-refractivity contribution in [1.82, 2.24) is 13.5 Å². The molecule has 0 unspecified atom stereocenters. The van der Waals surface area contributed by atoms with Crippen molar-refractivity contribution in [2.24, 2.45) is 0 Å². The average Bonchev–Trinajstić information content (AvgIpc) is 2.84. The molecular formula is C16H25N3O4S. The Morgan fingerprint density at radius 2 is 1.50 bits per heavy atom. The van der Waals surface area contributed by atoms with Gasteiger partial charge in [-0.05, 0) is 31.9 Å². The molecular weight excluding hydrogens is 330 g/mol. The Balaban J connectivity index is 1.60. The van der Waals surface area contributed by atoms with Crippen LogP contribution < -0.4 is 0 Å². The Bertz CT molecular complexity index is 669. The van der Waals surface area contributed by atoms with Crippen molar-refractivity contribution in [3.8, 4) is 0 Å². The fraction of sp³-hybridized carbons (Fsp3) is 0.688. The summed E-state index contributed by atoms with van der Waals surface area (Å²) in [5.74, 6) is 0.840. The monoisotopic (exact) mass is 355 g/mol. The van der Waals surface area contributed by atoms with Crippen molar-refractivity contribution in [2.45, 2.75) is 32.6 Å². The third-order valence-corrected chi connectivity index (χ3v) is 6.73. The highest BCUT2D eigenvalue weighted by Gasteiger charge is 2.34. The van der Waals surface area contributed by atoms with Crippen molar-refractivity contribution in [3.05, 3.63) is 23.7 Å². The number of hydrogen-bond donors (Lipinski definition) is 0. The summed E-state index contributed by atoms with van der Waals surface area (Å²) in [5.41, 5.74) is 0. The molecule has 0 radical (unpaired) electrons. The lowest BCUT2D eigenvalue weighted by atomic mass is 10.2. The third-order valence-electron chi connectivity index (χ3n) is 4.69. The van der Waals surface area contributed by atoms with E-state index >= 15 is 0 Å². The molecule has 1 amide bonds. The number of aryl methyl sites for hydroxylation is 1. The van der Waals surface area contributed by atoms with Crippen LogP contribution in [-0.4, -0.2) is 67.1 Å². The number of piperazine rings is 1. The van der Waals surface area contributed by atoms with Crippen molar-refractivity contribution < 1.29 is 17.6 Å². The van der Waals surface area contributed by atoms with E-state index in [0.717, 1.165) is 25.7 Å². The first-order valence-corrected chi connectivity index (χ1v) is 9.99. The number of amides is 1. The maximum Gasteiger partial charge on any atom is 0.289 e. The van der Waals surface area contributed by atoms with Gasteiger partial charge in [0, 0.05) is 39.3 Å². The molecule has 0 bridgehead atoms. The highest BCUT2D eigenvalue weighted by Crippen LogP contribution is 2.19. The summed E-state index contributed by atoms with van der Waals surface area (Å²) in [7, 11) is -3.41. The van der Waals surface area contributed by atoms with Crippen molar-refractivity contribution >= 4 is 16.1 Å². The zero-order valence-corrected chi connectivity index (χ0v) is 14.9. The molecule has 7 nitrogen and oxygen atoms in total. The van der Waals surface area contributed by atoms with Gasteiger partial charge in [0.15, 0.2) is 5.76 Å². The van der Waals surface area contributed by atoms with E-state index in [1.54, 1.807) is 28.3 Å². The van der Waals surface area contributed by atoms with Crippen LogP contribution in [0.5, 0.6) is 0 Å². The van der Waals surface area contributed by atoms with E-state index in [1.807, 2.05) is 0 Å². The molecule has 0 spiro atoms. The topological polar surface area (TPSA) is 74.1 Å². The Kier molecular flexibility index (Phi) is 5.27. The fourth-order valence-corrected chi connectivity index (χ4v) is 4.93. The van der Waals surface area contributed by atoms with E-state index in [4.69, 9.17) is 4.42 Å². The Labute approximate surface area is 143 Å². The maximum atomic E-state index is 12.8. The molecule has 0 atom stereocenters. The van der Waals surface area contributed by atoms with Crippen LogP contribution in [-0.2, 0) is 10.2 Å². The first-order valence-electron chi connectivity index (χ1n) is 8.59. The minimum absolute atomic E-state index is 0.171. The van der Waals surface area contributed by atoms with Gasteiger partial charge in [-0.25, -0.2) is 0 Å². The molecule has 2 aliphatic rings. The summed E-state index contributed by atoms with van der Waals surface area (Å²) in [6.07, 6.45) is 4.04. The standard InChI is InChI=1S/C16H25N3O4S/c1-14-6-7-15(23-14)16(20)17-10-12-19(13-11-17)24(21,22)18-8-4-2-3-5-9-18/h6-7H,2-5,8-13H2,1H3. The Morgan fingerprint density at radius 1 is 0.917 bits per heavy atom. The lowest BCUT2D eigenvalue weighted by molar-refractivity contribution is 0.0661. The number of carbonyl (C=O) groups excluding carboxylic acids is 1. The molecule has 1 aromatic heterocycles. The molecule has 3 rings (SSSR count). The minimum Gasteiger partial charge on any atom is -0.456 e. The zero-order chi connectivity index (χ0) is 17.2. The van der Waals surface area contributed by atoms with E-state index < -0.39 is 10.2 Å². The lowest BCUT2D eigenvalue weighted by Crippen LogP contribution is -2.54. The van der Waals surface area contributed by atoms with Gasteiger partial charge in [-0.1, -0.05) is 12.8 Å². The van der Waals surface area contributed by atoms with Gasteiger partial charge >= 0.3 is 0 Å². The van der Waals surface area contributed by atoms with Gasteiger partial charge in [0.1, 0.15) is 5.76 Å². The maximum absolute atomic E-state index is 12.8. The Hall–Kier alpha value is -1.38. The molecule has 134 valence electrons. The summed E-state index contributed by atoms with van der Waals surface area (Å²) in [6, 6.07) is 3.42. The second kappa shape index (κ2) is 7.25. The van der Waals surface area contributed by atoms with Gasteiger partial charge in [-0.3, -0.25) is 4.79 Å². The molecule has 2 aliphatic heterocycles. The molecule has 0 aliphatic carbocycles. The Morgan fingerprint density at radius 3 is 2.04 bits per heavy atom. The average molecular weight is 355 g/mol.